The molecule has 0 saturated heterocycles. The number of hydrogen-bond acceptors (Lipinski definition) is 2. The summed E-state index contributed by atoms with van der Waals surface area (Å²) in [5, 5.41) is 11.4. The first-order valence-corrected chi connectivity index (χ1v) is 7.03. The Labute approximate surface area is 130 Å². The van der Waals surface area contributed by atoms with Gasteiger partial charge in [-0.15, -0.1) is 0 Å². The van der Waals surface area contributed by atoms with Crippen LogP contribution in [-0.4, -0.2) is 12.2 Å². The Hall–Kier alpha value is -0.740. The van der Waals surface area contributed by atoms with E-state index in [0.29, 0.717) is 26.9 Å². The van der Waals surface area contributed by atoms with Crippen molar-refractivity contribution in [1.29, 1.82) is 0 Å². The highest BCUT2D eigenvalue weighted by molar-refractivity contribution is 9.10. The summed E-state index contributed by atoms with van der Waals surface area (Å²) in [6, 6.07) is 10.5. The van der Waals surface area contributed by atoms with Crippen LogP contribution in [0.3, 0.4) is 0 Å². The molecule has 5 heteroatoms. The molecule has 2 nitrogen and oxygen atoms in total. The number of ether oxygens (including phenoxy) is 1. The van der Waals surface area contributed by atoms with E-state index in [1.807, 2.05) is 6.07 Å². The molecule has 1 unspecified atom stereocenters. The van der Waals surface area contributed by atoms with Gasteiger partial charge in [-0.2, -0.15) is 0 Å². The normalized spacial score (nSPS) is 12.3. The van der Waals surface area contributed by atoms with E-state index in [9.17, 15) is 5.11 Å². The maximum absolute atomic E-state index is 10.4. The Morgan fingerprint density at radius 1 is 1.11 bits per heavy atom. The molecule has 0 heterocycles. The fourth-order valence-corrected chi connectivity index (χ4v) is 2.85. The zero-order chi connectivity index (χ0) is 14.0. The zero-order valence-electron chi connectivity index (χ0n) is 10.0. The van der Waals surface area contributed by atoms with Crippen LogP contribution in [0.15, 0.2) is 40.9 Å². The van der Waals surface area contributed by atoms with Gasteiger partial charge in [0.2, 0.25) is 0 Å². The van der Waals surface area contributed by atoms with Crippen molar-refractivity contribution in [3.05, 3.63) is 62.0 Å². The summed E-state index contributed by atoms with van der Waals surface area (Å²) in [6.45, 7) is 0. The van der Waals surface area contributed by atoms with Gasteiger partial charge in [0.05, 0.1) is 12.1 Å². The topological polar surface area (TPSA) is 29.5 Å². The van der Waals surface area contributed by atoms with E-state index >= 15 is 0 Å². The monoisotopic (exact) mass is 360 g/mol. The van der Waals surface area contributed by atoms with Crippen molar-refractivity contribution >= 4 is 39.1 Å². The van der Waals surface area contributed by atoms with Crippen LogP contribution in [0.2, 0.25) is 10.0 Å². The average Bonchev–Trinajstić information content (AvgIpc) is 2.37. The van der Waals surface area contributed by atoms with Crippen LogP contribution in [0.4, 0.5) is 0 Å². The minimum atomic E-state index is -0.791. The maximum atomic E-state index is 10.4. The second-order valence-electron chi connectivity index (χ2n) is 4.00. The van der Waals surface area contributed by atoms with Gasteiger partial charge >= 0.3 is 0 Å². The third-order valence-corrected chi connectivity index (χ3v) is 3.68. The molecule has 2 rings (SSSR count). The van der Waals surface area contributed by atoms with Crippen LogP contribution in [-0.2, 0) is 0 Å². The number of aliphatic hydroxyl groups excluding tert-OH is 1. The lowest BCUT2D eigenvalue weighted by Gasteiger charge is -2.14. The van der Waals surface area contributed by atoms with Gasteiger partial charge < -0.3 is 9.84 Å². The Bertz CT molecular complexity index is 582. The molecule has 0 fully saturated rings. The second kappa shape index (κ2) is 6.14. The SMILES string of the molecule is COc1cc(C(O)c2cc(Cl)cc(Br)c2)ccc1Cl. The molecule has 100 valence electrons. The number of rotatable bonds is 3. The van der Waals surface area contributed by atoms with E-state index in [1.165, 1.54) is 7.11 Å². The Balaban J connectivity index is 2.40. The zero-order valence-corrected chi connectivity index (χ0v) is 13.1. The number of methoxy groups -OCH3 is 1. The van der Waals surface area contributed by atoms with Crippen molar-refractivity contribution in [1.82, 2.24) is 0 Å². The average molecular weight is 362 g/mol. The fourth-order valence-electron chi connectivity index (χ4n) is 1.77. The Kier molecular flexibility index (Phi) is 4.74. The van der Waals surface area contributed by atoms with E-state index in [2.05, 4.69) is 15.9 Å². The van der Waals surface area contributed by atoms with Gasteiger partial charge in [-0.3, -0.25) is 0 Å². The lowest BCUT2D eigenvalue weighted by molar-refractivity contribution is 0.219. The number of aliphatic hydroxyl groups is 1. The van der Waals surface area contributed by atoms with Crippen molar-refractivity contribution in [2.45, 2.75) is 6.10 Å². The molecule has 2 aromatic rings. The molecular formula is C14H11BrCl2O2. The van der Waals surface area contributed by atoms with Crippen molar-refractivity contribution in [2.24, 2.45) is 0 Å². The quantitative estimate of drug-likeness (QED) is 0.846. The molecule has 19 heavy (non-hydrogen) atoms. The third-order valence-electron chi connectivity index (χ3n) is 2.69. The summed E-state index contributed by atoms with van der Waals surface area (Å²) < 4.78 is 5.96. The molecule has 0 aliphatic rings. The first kappa shape index (κ1) is 14.7. The largest absolute Gasteiger partial charge is 0.495 e. The maximum Gasteiger partial charge on any atom is 0.137 e. The van der Waals surface area contributed by atoms with E-state index < -0.39 is 6.10 Å². The summed E-state index contributed by atoms with van der Waals surface area (Å²) in [5.41, 5.74) is 1.39. The van der Waals surface area contributed by atoms with Gasteiger partial charge in [0.25, 0.3) is 0 Å². The fraction of sp³-hybridized carbons (Fsp3) is 0.143. The van der Waals surface area contributed by atoms with E-state index in [-0.39, 0.29) is 0 Å². The van der Waals surface area contributed by atoms with Gasteiger partial charge in [-0.25, -0.2) is 0 Å². The predicted molar refractivity (Wildman–Crippen MR) is 81.2 cm³/mol. The molecule has 0 aliphatic carbocycles. The summed E-state index contributed by atoms with van der Waals surface area (Å²) >= 11 is 15.3. The van der Waals surface area contributed by atoms with Gasteiger partial charge in [0.1, 0.15) is 11.9 Å². The Morgan fingerprint density at radius 2 is 1.84 bits per heavy atom. The number of benzene rings is 2. The van der Waals surface area contributed by atoms with Gasteiger partial charge in [0.15, 0.2) is 0 Å². The molecule has 2 aromatic carbocycles. The lowest BCUT2D eigenvalue weighted by atomic mass is 10.0. The van der Waals surface area contributed by atoms with Crippen LogP contribution in [0.5, 0.6) is 5.75 Å². The molecule has 1 N–H and O–H groups in total. The molecule has 0 spiro atoms. The van der Waals surface area contributed by atoms with Crippen LogP contribution >= 0.6 is 39.1 Å². The van der Waals surface area contributed by atoms with Crippen molar-refractivity contribution in [3.63, 3.8) is 0 Å². The van der Waals surface area contributed by atoms with Crippen molar-refractivity contribution < 1.29 is 9.84 Å². The van der Waals surface area contributed by atoms with Gasteiger partial charge in [-0.1, -0.05) is 45.2 Å². The van der Waals surface area contributed by atoms with Gasteiger partial charge in [0, 0.05) is 9.50 Å². The lowest BCUT2D eigenvalue weighted by Crippen LogP contribution is -2.00. The highest BCUT2D eigenvalue weighted by Crippen LogP contribution is 2.32. The summed E-state index contributed by atoms with van der Waals surface area (Å²) in [7, 11) is 1.54. The van der Waals surface area contributed by atoms with Gasteiger partial charge in [-0.05, 0) is 41.5 Å². The molecular weight excluding hydrogens is 351 g/mol. The minimum absolute atomic E-state index is 0.505. The van der Waals surface area contributed by atoms with Crippen LogP contribution in [0.1, 0.15) is 17.2 Å². The van der Waals surface area contributed by atoms with E-state index in [4.69, 9.17) is 27.9 Å². The molecule has 0 radical (unpaired) electrons. The Morgan fingerprint density at radius 3 is 2.47 bits per heavy atom. The molecule has 0 aromatic heterocycles. The molecule has 1 atom stereocenters. The second-order valence-corrected chi connectivity index (χ2v) is 5.76. The smallest absolute Gasteiger partial charge is 0.137 e. The minimum Gasteiger partial charge on any atom is -0.495 e. The van der Waals surface area contributed by atoms with Crippen molar-refractivity contribution in [2.75, 3.05) is 7.11 Å². The molecule has 0 saturated carbocycles. The predicted octanol–water partition coefficient (Wildman–Crippen LogP) is 4.85. The van der Waals surface area contributed by atoms with Crippen molar-refractivity contribution in [3.8, 4) is 5.75 Å². The third kappa shape index (κ3) is 3.42. The van der Waals surface area contributed by atoms with E-state index in [0.717, 1.165) is 4.47 Å². The number of halogens is 3. The highest BCUT2D eigenvalue weighted by atomic mass is 79.9. The highest BCUT2D eigenvalue weighted by Gasteiger charge is 2.14. The molecule has 0 aliphatic heterocycles. The first-order chi connectivity index (χ1) is 9.01. The van der Waals surface area contributed by atoms with Crippen LogP contribution in [0, 0.1) is 0 Å². The standard InChI is InChI=1S/C14H11BrCl2O2/c1-19-13-6-8(2-3-12(13)17)14(18)9-4-10(15)7-11(16)5-9/h2-7,14,18H,1H3. The summed E-state index contributed by atoms with van der Waals surface area (Å²) in [4.78, 5) is 0. The molecule has 0 amide bonds. The van der Waals surface area contributed by atoms with E-state index in [1.54, 1.807) is 30.3 Å². The molecule has 0 bridgehead atoms. The number of hydrogen-bond donors (Lipinski definition) is 1. The summed E-state index contributed by atoms with van der Waals surface area (Å²) in [6.07, 6.45) is -0.791. The summed E-state index contributed by atoms with van der Waals surface area (Å²) in [5.74, 6) is 0.527. The first-order valence-electron chi connectivity index (χ1n) is 5.48. The van der Waals surface area contributed by atoms with Crippen LogP contribution < -0.4 is 4.74 Å². The van der Waals surface area contributed by atoms with Crippen LogP contribution in [0.25, 0.3) is 0 Å².